The van der Waals surface area contributed by atoms with E-state index in [1.165, 1.54) is 17.7 Å². The van der Waals surface area contributed by atoms with Crippen LogP contribution in [0.1, 0.15) is 25.6 Å². The van der Waals surface area contributed by atoms with Crippen LogP contribution in [0, 0.1) is 17.0 Å². The molecule has 1 aromatic rings. The number of nitrogens with one attached hydrogen (secondary N) is 1. The molecule has 2 atom stereocenters. The number of amides is 1. The van der Waals surface area contributed by atoms with Gasteiger partial charge in [0.25, 0.3) is 0 Å². The van der Waals surface area contributed by atoms with Crippen molar-refractivity contribution < 1.29 is 19.2 Å². The molecule has 0 bridgehead atoms. The van der Waals surface area contributed by atoms with Crippen LogP contribution >= 0.6 is 12.6 Å². The summed E-state index contributed by atoms with van der Waals surface area (Å²) in [6, 6.07) is -0.430. The minimum atomic E-state index is -0.885. The third-order valence-electron chi connectivity index (χ3n) is 2.91. The highest BCUT2D eigenvalue weighted by atomic mass is 32.1. The molecule has 9 nitrogen and oxygen atoms in total. The lowest BCUT2D eigenvalue weighted by molar-refractivity contribution is -0.389. The lowest BCUT2D eigenvalue weighted by Crippen LogP contribution is -2.45. The molecule has 22 heavy (non-hydrogen) atoms. The maximum Gasteiger partial charge on any atom is 0.390 e. The summed E-state index contributed by atoms with van der Waals surface area (Å²) in [4.78, 5) is 33.9. The maximum atomic E-state index is 12.2. The quantitative estimate of drug-likeness (QED) is 0.328. The highest BCUT2D eigenvalue weighted by molar-refractivity contribution is 7.80. The van der Waals surface area contributed by atoms with E-state index in [4.69, 9.17) is 4.74 Å². The van der Waals surface area contributed by atoms with E-state index < -0.39 is 28.9 Å². The van der Waals surface area contributed by atoms with Crippen molar-refractivity contribution in [3.63, 3.8) is 0 Å². The number of rotatable bonds is 7. The van der Waals surface area contributed by atoms with E-state index in [-0.39, 0.29) is 18.2 Å². The van der Waals surface area contributed by atoms with Crippen LogP contribution in [0.5, 0.6) is 0 Å². The van der Waals surface area contributed by atoms with Gasteiger partial charge in [-0.2, -0.15) is 17.3 Å². The fourth-order valence-corrected chi connectivity index (χ4v) is 2.02. The molecular formula is C12H18N4O5S. The molecule has 10 heteroatoms. The van der Waals surface area contributed by atoms with Gasteiger partial charge in [0.05, 0.1) is 23.5 Å². The number of hydrogen-bond donors (Lipinski definition) is 2. The Hall–Kier alpha value is -2.10. The summed E-state index contributed by atoms with van der Waals surface area (Å²) in [6.07, 6.45) is 0. The van der Waals surface area contributed by atoms with Gasteiger partial charge in [0.2, 0.25) is 5.91 Å². The monoisotopic (exact) mass is 330 g/mol. The molecule has 1 amide bonds. The first kappa shape index (κ1) is 18.0. The van der Waals surface area contributed by atoms with Crippen LogP contribution in [0.4, 0.5) is 5.82 Å². The van der Waals surface area contributed by atoms with E-state index in [9.17, 15) is 19.7 Å². The summed E-state index contributed by atoms with van der Waals surface area (Å²) in [6.45, 7) is 4.98. The van der Waals surface area contributed by atoms with E-state index in [1.807, 2.05) is 0 Å². The maximum absolute atomic E-state index is 12.2. The number of nitro groups is 1. The molecule has 122 valence electrons. The lowest BCUT2D eigenvalue weighted by atomic mass is 10.2. The van der Waals surface area contributed by atoms with Crippen molar-refractivity contribution in [1.29, 1.82) is 0 Å². The number of carbonyl (C=O) groups is 2. The van der Waals surface area contributed by atoms with Gasteiger partial charge in [-0.25, -0.2) is 4.79 Å². The van der Waals surface area contributed by atoms with Crippen molar-refractivity contribution in [3.05, 3.63) is 21.9 Å². The Kier molecular flexibility index (Phi) is 6.35. The molecule has 0 aliphatic rings. The molecule has 1 heterocycles. The fourth-order valence-electron chi connectivity index (χ4n) is 1.78. The third-order valence-corrected chi connectivity index (χ3v) is 3.28. The zero-order valence-corrected chi connectivity index (χ0v) is 13.4. The largest absolute Gasteiger partial charge is 0.464 e. The predicted molar refractivity (Wildman–Crippen MR) is 80.7 cm³/mol. The van der Waals surface area contributed by atoms with Gasteiger partial charge in [-0.3, -0.25) is 4.79 Å². The SMILES string of the molecule is CCOC(=O)[C@H](CS)NC(=O)C(C)n1nc([N+](=O)[O-])cc1C. The van der Waals surface area contributed by atoms with Gasteiger partial charge < -0.3 is 20.2 Å². The summed E-state index contributed by atoms with van der Waals surface area (Å²) < 4.78 is 6.06. The van der Waals surface area contributed by atoms with Crippen LogP contribution in [-0.2, 0) is 14.3 Å². The number of carbonyl (C=O) groups excluding carboxylic acids is 2. The molecule has 0 radical (unpaired) electrons. The van der Waals surface area contributed by atoms with E-state index in [0.717, 1.165) is 0 Å². The molecule has 1 aromatic heterocycles. The standard InChI is InChI=1S/C12H18N4O5S/c1-4-21-12(18)9(6-22)13-11(17)8(3)15-7(2)5-10(14-15)16(19)20/h5,8-9,22H,4,6H2,1-3H3,(H,13,17)/t8?,9-/m0/s1. The molecule has 0 aliphatic carbocycles. The van der Waals surface area contributed by atoms with Gasteiger partial charge in [-0.05, 0) is 25.7 Å². The second-order valence-corrected chi connectivity index (χ2v) is 4.88. The molecular weight excluding hydrogens is 312 g/mol. The number of aryl methyl sites for hydroxylation is 1. The van der Waals surface area contributed by atoms with Crippen LogP contribution in [0.2, 0.25) is 0 Å². The van der Waals surface area contributed by atoms with Gasteiger partial charge in [0.1, 0.15) is 12.1 Å². The van der Waals surface area contributed by atoms with Crippen molar-refractivity contribution in [2.45, 2.75) is 32.9 Å². The Morgan fingerprint density at radius 3 is 2.68 bits per heavy atom. The Morgan fingerprint density at radius 1 is 1.59 bits per heavy atom. The Bertz CT molecular complexity index is 574. The first-order chi connectivity index (χ1) is 10.3. The second kappa shape index (κ2) is 7.78. The minimum absolute atomic E-state index is 0.0789. The molecule has 0 fully saturated rings. The molecule has 1 unspecified atom stereocenters. The average molecular weight is 330 g/mol. The van der Waals surface area contributed by atoms with Gasteiger partial charge in [-0.1, -0.05) is 0 Å². The fraction of sp³-hybridized carbons (Fsp3) is 0.583. The molecule has 0 saturated heterocycles. The molecule has 0 spiro atoms. The third kappa shape index (κ3) is 4.20. The first-order valence-electron chi connectivity index (χ1n) is 6.60. The number of ether oxygens (including phenoxy) is 1. The van der Waals surface area contributed by atoms with Crippen LogP contribution in [0.25, 0.3) is 0 Å². The Labute approximate surface area is 132 Å². The summed E-state index contributed by atoms with van der Waals surface area (Å²) in [7, 11) is 0. The van der Waals surface area contributed by atoms with Gasteiger partial charge >= 0.3 is 11.8 Å². The summed E-state index contributed by atoms with van der Waals surface area (Å²) in [5.41, 5.74) is 0.466. The summed E-state index contributed by atoms with van der Waals surface area (Å²) in [5.74, 6) is -1.35. The number of aromatic nitrogens is 2. The lowest BCUT2D eigenvalue weighted by Gasteiger charge is -2.17. The van der Waals surface area contributed by atoms with E-state index >= 15 is 0 Å². The zero-order chi connectivity index (χ0) is 16.9. The molecule has 0 aromatic carbocycles. The van der Waals surface area contributed by atoms with Crippen molar-refractivity contribution in [1.82, 2.24) is 15.1 Å². The predicted octanol–water partition coefficient (Wildman–Crippen LogP) is 0.638. The Balaban J connectivity index is 2.84. The van der Waals surface area contributed by atoms with E-state index in [1.54, 1.807) is 13.8 Å². The van der Waals surface area contributed by atoms with E-state index in [2.05, 4.69) is 23.0 Å². The van der Waals surface area contributed by atoms with Crippen molar-refractivity contribution >= 4 is 30.3 Å². The van der Waals surface area contributed by atoms with Crippen molar-refractivity contribution in [2.24, 2.45) is 0 Å². The highest BCUT2D eigenvalue weighted by Gasteiger charge is 2.28. The molecule has 1 rings (SSSR count). The van der Waals surface area contributed by atoms with Crippen molar-refractivity contribution in [2.75, 3.05) is 12.4 Å². The topological polar surface area (TPSA) is 116 Å². The molecule has 1 N–H and O–H groups in total. The van der Waals surface area contributed by atoms with Crippen LogP contribution in [0.3, 0.4) is 0 Å². The van der Waals surface area contributed by atoms with Gasteiger partial charge in [0, 0.05) is 5.75 Å². The van der Waals surface area contributed by atoms with E-state index in [0.29, 0.717) is 5.69 Å². The average Bonchev–Trinajstić information content (AvgIpc) is 2.86. The zero-order valence-electron chi connectivity index (χ0n) is 12.5. The smallest absolute Gasteiger partial charge is 0.390 e. The minimum Gasteiger partial charge on any atom is -0.464 e. The van der Waals surface area contributed by atoms with Crippen molar-refractivity contribution in [3.8, 4) is 0 Å². The highest BCUT2D eigenvalue weighted by Crippen LogP contribution is 2.16. The van der Waals surface area contributed by atoms with Crippen LogP contribution in [0.15, 0.2) is 6.07 Å². The summed E-state index contributed by atoms with van der Waals surface area (Å²) >= 11 is 4.00. The molecule has 0 aliphatic heterocycles. The number of thiol groups is 1. The normalized spacial score (nSPS) is 13.3. The first-order valence-corrected chi connectivity index (χ1v) is 7.23. The van der Waals surface area contributed by atoms with Gasteiger partial charge in [0.15, 0.2) is 0 Å². The van der Waals surface area contributed by atoms with Crippen LogP contribution in [-0.4, -0.2) is 45.0 Å². The Morgan fingerprint density at radius 2 is 2.23 bits per heavy atom. The van der Waals surface area contributed by atoms with Gasteiger partial charge in [-0.15, -0.1) is 0 Å². The summed E-state index contributed by atoms with van der Waals surface area (Å²) in [5, 5.41) is 17.0. The molecule has 0 saturated carbocycles. The van der Waals surface area contributed by atoms with Crippen LogP contribution < -0.4 is 5.32 Å². The number of esters is 1. The number of hydrogen-bond acceptors (Lipinski definition) is 7. The second-order valence-electron chi connectivity index (χ2n) is 4.52. The number of nitrogens with zero attached hydrogens (tertiary/aromatic N) is 3.